The number of carbonyl (C=O) groups is 1. The van der Waals surface area contributed by atoms with Crippen LogP contribution in [0.1, 0.15) is 18.5 Å². The van der Waals surface area contributed by atoms with Gasteiger partial charge in [0.25, 0.3) is 5.91 Å². The van der Waals surface area contributed by atoms with Gasteiger partial charge < -0.3 is 10.6 Å². The maximum atomic E-state index is 13.4. The number of allylic oxidation sites excluding steroid dienone is 1. The standard InChI is InChI=1S/C25H20ClN5O/c1-16-21(24(32)28-18-12-6-3-7-13-18)22(19-14-8-9-15-20(19)26)31-25(27-16)29-23(30-31)17-10-4-2-5-11-17/h2-15,22H,1H3,(H,28,32)(H,27,29,30). The Labute approximate surface area is 190 Å². The van der Waals surface area contributed by atoms with Crippen LogP contribution in [-0.2, 0) is 4.79 Å². The van der Waals surface area contributed by atoms with Crippen molar-refractivity contribution in [2.45, 2.75) is 13.0 Å². The number of nitrogens with one attached hydrogen (secondary N) is 2. The molecule has 1 atom stereocenters. The summed E-state index contributed by atoms with van der Waals surface area (Å²) in [6.07, 6.45) is 0. The molecule has 2 heterocycles. The summed E-state index contributed by atoms with van der Waals surface area (Å²) in [7, 11) is 0. The predicted molar refractivity (Wildman–Crippen MR) is 126 cm³/mol. The molecule has 0 spiro atoms. The molecule has 4 aromatic rings. The van der Waals surface area contributed by atoms with E-state index in [9.17, 15) is 4.79 Å². The van der Waals surface area contributed by atoms with Crippen LogP contribution in [0.3, 0.4) is 0 Å². The first-order valence-corrected chi connectivity index (χ1v) is 10.6. The zero-order valence-corrected chi connectivity index (χ0v) is 18.0. The van der Waals surface area contributed by atoms with Crippen LogP contribution >= 0.6 is 11.6 Å². The van der Waals surface area contributed by atoms with Crippen molar-refractivity contribution in [3.05, 3.63) is 107 Å². The van der Waals surface area contributed by atoms with Crippen molar-refractivity contribution in [1.29, 1.82) is 0 Å². The number of fused-ring (bicyclic) bond motifs is 1. The lowest BCUT2D eigenvalue weighted by molar-refractivity contribution is -0.113. The van der Waals surface area contributed by atoms with E-state index in [0.717, 1.165) is 11.1 Å². The molecule has 1 aromatic heterocycles. The number of benzene rings is 3. The number of para-hydroxylation sites is 1. The first-order valence-electron chi connectivity index (χ1n) is 10.2. The first-order chi connectivity index (χ1) is 15.6. The van der Waals surface area contributed by atoms with Gasteiger partial charge in [-0.2, -0.15) is 4.98 Å². The number of aromatic nitrogens is 3. The molecule has 0 radical (unpaired) electrons. The molecule has 158 valence electrons. The smallest absolute Gasteiger partial charge is 0.255 e. The Kier molecular flexibility index (Phi) is 5.21. The number of hydrogen-bond acceptors (Lipinski definition) is 4. The molecule has 3 aromatic carbocycles. The molecular formula is C25H20ClN5O. The van der Waals surface area contributed by atoms with Gasteiger partial charge in [0, 0.05) is 27.5 Å². The Morgan fingerprint density at radius 3 is 2.34 bits per heavy atom. The van der Waals surface area contributed by atoms with E-state index in [1.807, 2.05) is 91.9 Å². The third-order valence-electron chi connectivity index (χ3n) is 5.36. The zero-order chi connectivity index (χ0) is 22.1. The zero-order valence-electron chi connectivity index (χ0n) is 17.3. The Hall–Kier alpha value is -3.90. The van der Waals surface area contributed by atoms with Crippen LogP contribution in [0.15, 0.2) is 96.2 Å². The average Bonchev–Trinajstić information content (AvgIpc) is 3.23. The van der Waals surface area contributed by atoms with E-state index in [0.29, 0.717) is 33.8 Å². The van der Waals surface area contributed by atoms with E-state index >= 15 is 0 Å². The molecule has 0 saturated heterocycles. The molecule has 2 N–H and O–H groups in total. The monoisotopic (exact) mass is 441 g/mol. The molecule has 1 aliphatic heterocycles. The van der Waals surface area contributed by atoms with Gasteiger partial charge in [0.05, 0.1) is 5.57 Å². The SMILES string of the molecule is CC1=C(C(=O)Nc2ccccc2)C(c2ccccc2Cl)n2nc(-c3ccccc3)nc2N1. The second-order valence-electron chi connectivity index (χ2n) is 7.48. The topological polar surface area (TPSA) is 71.8 Å². The number of carbonyl (C=O) groups excluding carboxylic acids is 1. The number of rotatable bonds is 4. The molecule has 0 bridgehead atoms. The lowest BCUT2D eigenvalue weighted by Gasteiger charge is -2.29. The molecule has 5 rings (SSSR count). The number of halogens is 1. The fraction of sp³-hybridized carbons (Fsp3) is 0.0800. The third-order valence-corrected chi connectivity index (χ3v) is 5.70. The summed E-state index contributed by atoms with van der Waals surface area (Å²) < 4.78 is 1.73. The van der Waals surface area contributed by atoms with Crippen LogP contribution in [0, 0.1) is 0 Å². The number of hydrogen-bond donors (Lipinski definition) is 2. The van der Waals surface area contributed by atoms with E-state index in [1.165, 1.54) is 0 Å². The van der Waals surface area contributed by atoms with Crippen LogP contribution in [-0.4, -0.2) is 20.7 Å². The maximum Gasteiger partial charge on any atom is 0.255 e. The molecule has 0 aliphatic carbocycles. The van der Waals surface area contributed by atoms with Gasteiger partial charge in [0.15, 0.2) is 5.82 Å². The van der Waals surface area contributed by atoms with E-state index in [2.05, 4.69) is 15.6 Å². The molecule has 1 amide bonds. The van der Waals surface area contributed by atoms with Crippen LogP contribution in [0.25, 0.3) is 11.4 Å². The molecular weight excluding hydrogens is 422 g/mol. The summed E-state index contributed by atoms with van der Waals surface area (Å²) >= 11 is 6.59. The van der Waals surface area contributed by atoms with Crippen molar-refractivity contribution < 1.29 is 4.79 Å². The van der Waals surface area contributed by atoms with Gasteiger partial charge in [0.1, 0.15) is 6.04 Å². The number of anilines is 2. The van der Waals surface area contributed by atoms with Gasteiger partial charge >= 0.3 is 0 Å². The van der Waals surface area contributed by atoms with Gasteiger partial charge in [-0.05, 0) is 25.1 Å². The Bertz CT molecular complexity index is 1310. The Balaban J connectivity index is 1.63. The molecule has 1 unspecified atom stereocenters. The second-order valence-corrected chi connectivity index (χ2v) is 7.88. The van der Waals surface area contributed by atoms with Gasteiger partial charge in [-0.25, -0.2) is 4.68 Å². The van der Waals surface area contributed by atoms with Crippen LogP contribution in [0.2, 0.25) is 5.02 Å². The Morgan fingerprint density at radius 2 is 1.62 bits per heavy atom. The summed E-state index contributed by atoms with van der Waals surface area (Å²) in [4.78, 5) is 18.1. The van der Waals surface area contributed by atoms with E-state index in [-0.39, 0.29) is 5.91 Å². The fourth-order valence-electron chi connectivity index (χ4n) is 3.86. The first kappa shape index (κ1) is 20.0. The van der Waals surface area contributed by atoms with Crippen molar-refractivity contribution in [2.75, 3.05) is 10.6 Å². The predicted octanol–water partition coefficient (Wildman–Crippen LogP) is 5.53. The van der Waals surface area contributed by atoms with E-state index in [1.54, 1.807) is 4.68 Å². The van der Waals surface area contributed by atoms with Crippen LogP contribution in [0.5, 0.6) is 0 Å². The lowest BCUT2D eigenvalue weighted by Crippen LogP contribution is -2.31. The number of nitrogens with zero attached hydrogens (tertiary/aromatic N) is 3. The summed E-state index contributed by atoms with van der Waals surface area (Å²) in [5.41, 5.74) is 3.60. The minimum absolute atomic E-state index is 0.228. The van der Waals surface area contributed by atoms with Gasteiger partial charge in [-0.1, -0.05) is 78.3 Å². The average molecular weight is 442 g/mol. The lowest BCUT2D eigenvalue weighted by atomic mass is 9.95. The van der Waals surface area contributed by atoms with Gasteiger partial charge in [0.2, 0.25) is 5.95 Å². The van der Waals surface area contributed by atoms with Gasteiger partial charge in [-0.15, -0.1) is 5.10 Å². The van der Waals surface area contributed by atoms with Crippen molar-refractivity contribution in [2.24, 2.45) is 0 Å². The quantitative estimate of drug-likeness (QED) is 0.437. The molecule has 7 heteroatoms. The normalized spacial score (nSPS) is 15.1. The van der Waals surface area contributed by atoms with Crippen molar-refractivity contribution in [3.8, 4) is 11.4 Å². The highest BCUT2D eigenvalue weighted by Gasteiger charge is 2.35. The maximum absolute atomic E-state index is 13.4. The molecule has 0 fully saturated rings. The molecule has 32 heavy (non-hydrogen) atoms. The van der Waals surface area contributed by atoms with E-state index < -0.39 is 6.04 Å². The molecule has 6 nitrogen and oxygen atoms in total. The summed E-state index contributed by atoms with van der Waals surface area (Å²) in [6.45, 7) is 1.87. The molecule has 1 aliphatic rings. The van der Waals surface area contributed by atoms with Gasteiger partial charge in [-0.3, -0.25) is 4.79 Å². The number of amides is 1. The molecule has 0 saturated carbocycles. The van der Waals surface area contributed by atoms with E-state index in [4.69, 9.17) is 16.7 Å². The highest BCUT2D eigenvalue weighted by molar-refractivity contribution is 6.31. The summed E-state index contributed by atoms with van der Waals surface area (Å²) in [5, 5.41) is 11.6. The van der Waals surface area contributed by atoms with Crippen LogP contribution < -0.4 is 10.6 Å². The van der Waals surface area contributed by atoms with Crippen molar-refractivity contribution in [3.63, 3.8) is 0 Å². The third kappa shape index (κ3) is 3.65. The van der Waals surface area contributed by atoms with Crippen molar-refractivity contribution >= 4 is 29.1 Å². The minimum Gasteiger partial charge on any atom is -0.328 e. The highest BCUT2D eigenvalue weighted by atomic mass is 35.5. The van der Waals surface area contributed by atoms with Crippen LogP contribution in [0.4, 0.5) is 11.6 Å². The minimum atomic E-state index is -0.534. The highest BCUT2D eigenvalue weighted by Crippen LogP contribution is 2.39. The summed E-state index contributed by atoms with van der Waals surface area (Å²) in [5.74, 6) is 0.902. The Morgan fingerprint density at radius 1 is 0.969 bits per heavy atom. The fourth-order valence-corrected chi connectivity index (χ4v) is 4.10. The van der Waals surface area contributed by atoms with Crippen molar-refractivity contribution in [1.82, 2.24) is 14.8 Å². The largest absolute Gasteiger partial charge is 0.328 e. The second kappa shape index (κ2) is 8.32. The summed E-state index contributed by atoms with van der Waals surface area (Å²) in [6, 6.07) is 26.1.